The summed E-state index contributed by atoms with van der Waals surface area (Å²) in [5, 5.41) is 23.7. The standard InChI is InChI=1S/C30H30ClN5O2/c1-18-7-22(31)13-24(8-18)36-17-34-28-9-19(2)26(21-10-20(15-32)11-25(37)12-21)14-27(28)29(36)30(38)35(3)16-23-5-4-6-33-23/h7-14,17,23,29,33,37H,4-6,16H2,1-3H3/t23-,29?/m0/s1. The fourth-order valence-corrected chi connectivity index (χ4v) is 5.68. The van der Waals surface area contributed by atoms with Crippen molar-refractivity contribution in [1.29, 1.82) is 5.26 Å². The van der Waals surface area contributed by atoms with E-state index in [4.69, 9.17) is 16.6 Å². The van der Waals surface area contributed by atoms with Gasteiger partial charge in [0.1, 0.15) is 11.8 Å². The van der Waals surface area contributed by atoms with Crippen molar-refractivity contribution in [2.75, 3.05) is 25.0 Å². The van der Waals surface area contributed by atoms with Gasteiger partial charge in [0.05, 0.1) is 23.7 Å². The fraction of sp³-hybridized carbons (Fsp3) is 0.300. The first-order valence-electron chi connectivity index (χ1n) is 12.7. The van der Waals surface area contributed by atoms with E-state index in [1.54, 1.807) is 23.4 Å². The predicted octanol–water partition coefficient (Wildman–Crippen LogP) is 5.63. The van der Waals surface area contributed by atoms with Gasteiger partial charge in [-0.1, -0.05) is 11.6 Å². The minimum Gasteiger partial charge on any atom is -0.508 e. The Bertz CT molecular complexity index is 1450. The lowest BCUT2D eigenvalue weighted by Crippen LogP contribution is -2.46. The third-order valence-electron chi connectivity index (χ3n) is 7.22. The molecule has 2 aliphatic heterocycles. The van der Waals surface area contributed by atoms with Gasteiger partial charge in [-0.2, -0.15) is 5.26 Å². The Kier molecular flexibility index (Phi) is 7.11. The Labute approximate surface area is 228 Å². The monoisotopic (exact) mass is 527 g/mol. The average Bonchev–Trinajstić information content (AvgIpc) is 3.39. The zero-order chi connectivity index (χ0) is 27.0. The Morgan fingerprint density at radius 3 is 2.74 bits per heavy atom. The molecular formula is C30H30ClN5O2. The summed E-state index contributed by atoms with van der Waals surface area (Å²) in [7, 11) is 1.85. The van der Waals surface area contributed by atoms with E-state index in [-0.39, 0.29) is 17.7 Å². The molecular weight excluding hydrogens is 498 g/mol. The second-order valence-electron chi connectivity index (χ2n) is 10.2. The largest absolute Gasteiger partial charge is 0.508 e. The number of benzene rings is 3. The highest BCUT2D eigenvalue weighted by Crippen LogP contribution is 2.42. The number of aryl methyl sites for hydroxylation is 2. The number of amides is 1. The molecule has 2 aliphatic rings. The molecule has 3 aromatic rings. The van der Waals surface area contributed by atoms with Gasteiger partial charge in [0.15, 0.2) is 0 Å². The zero-order valence-electron chi connectivity index (χ0n) is 21.7. The predicted molar refractivity (Wildman–Crippen MR) is 151 cm³/mol. The first-order chi connectivity index (χ1) is 18.2. The van der Waals surface area contributed by atoms with Crippen molar-refractivity contribution in [2.45, 2.75) is 38.8 Å². The number of phenols is 1. The summed E-state index contributed by atoms with van der Waals surface area (Å²) in [5.41, 5.74) is 6.05. The number of nitriles is 1. The molecule has 38 heavy (non-hydrogen) atoms. The van der Waals surface area contributed by atoms with Crippen molar-refractivity contribution in [2.24, 2.45) is 4.99 Å². The lowest BCUT2D eigenvalue weighted by Gasteiger charge is -2.36. The Hall–Kier alpha value is -3.86. The summed E-state index contributed by atoms with van der Waals surface area (Å²) < 4.78 is 0. The number of anilines is 1. The average molecular weight is 528 g/mol. The number of halogens is 1. The number of likely N-dealkylation sites (N-methyl/N-ethyl adjacent to an activating group) is 1. The molecule has 5 rings (SSSR count). The lowest BCUT2D eigenvalue weighted by molar-refractivity contribution is -0.131. The SMILES string of the molecule is Cc1cc(Cl)cc(N2C=Nc3cc(C)c(-c4cc(O)cc(C#N)c4)cc3C2C(=O)N(C)C[C@@H]2CCCN2)c1. The number of nitrogens with one attached hydrogen (secondary N) is 1. The van der Waals surface area contributed by atoms with Crippen molar-refractivity contribution in [1.82, 2.24) is 10.2 Å². The van der Waals surface area contributed by atoms with E-state index in [9.17, 15) is 15.2 Å². The third-order valence-corrected chi connectivity index (χ3v) is 7.44. The van der Waals surface area contributed by atoms with Crippen LogP contribution in [0.4, 0.5) is 11.4 Å². The normalized spacial score (nSPS) is 18.2. The number of aromatic hydroxyl groups is 1. The van der Waals surface area contributed by atoms with E-state index in [1.165, 1.54) is 6.07 Å². The van der Waals surface area contributed by atoms with Crippen molar-refractivity contribution >= 4 is 35.2 Å². The van der Waals surface area contributed by atoms with Crippen molar-refractivity contribution in [3.05, 3.63) is 75.8 Å². The maximum atomic E-state index is 14.2. The topological polar surface area (TPSA) is 92.0 Å². The van der Waals surface area contributed by atoms with Crippen molar-refractivity contribution in [3.8, 4) is 22.9 Å². The molecule has 2 N–H and O–H groups in total. The summed E-state index contributed by atoms with van der Waals surface area (Å²) in [6, 6.07) is 16.1. The van der Waals surface area contributed by atoms with Crippen LogP contribution < -0.4 is 10.2 Å². The first kappa shape index (κ1) is 25.8. The molecule has 0 saturated carbocycles. The number of rotatable bonds is 5. The quantitative estimate of drug-likeness (QED) is 0.448. The first-order valence-corrected chi connectivity index (χ1v) is 13.1. The van der Waals surface area contributed by atoms with Gasteiger partial charge < -0.3 is 20.2 Å². The van der Waals surface area contributed by atoms with Gasteiger partial charge in [0, 0.05) is 35.9 Å². The molecule has 8 heteroatoms. The zero-order valence-corrected chi connectivity index (χ0v) is 22.5. The van der Waals surface area contributed by atoms with Crippen LogP contribution in [0, 0.1) is 25.2 Å². The molecule has 7 nitrogen and oxygen atoms in total. The molecule has 2 heterocycles. The maximum Gasteiger partial charge on any atom is 0.250 e. The smallest absolute Gasteiger partial charge is 0.250 e. The van der Waals surface area contributed by atoms with Gasteiger partial charge in [-0.25, -0.2) is 4.99 Å². The highest BCUT2D eigenvalue weighted by atomic mass is 35.5. The number of aliphatic imine (C=N–C) groups is 1. The second kappa shape index (κ2) is 10.5. The van der Waals surface area contributed by atoms with Crippen LogP contribution in [0.2, 0.25) is 5.02 Å². The Morgan fingerprint density at radius 1 is 1.21 bits per heavy atom. The van der Waals surface area contributed by atoms with Crippen molar-refractivity contribution in [3.63, 3.8) is 0 Å². The second-order valence-corrected chi connectivity index (χ2v) is 10.6. The highest BCUT2D eigenvalue weighted by Gasteiger charge is 2.35. The Balaban J connectivity index is 1.63. The summed E-state index contributed by atoms with van der Waals surface area (Å²) in [6.07, 6.45) is 3.86. The molecule has 0 radical (unpaired) electrons. The summed E-state index contributed by atoms with van der Waals surface area (Å²) in [4.78, 5) is 22.6. The molecule has 2 atom stereocenters. The molecule has 1 fully saturated rings. The number of nitrogens with zero attached hydrogens (tertiary/aromatic N) is 4. The van der Waals surface area contributed by atoms with Gasteiger partial charge in [-0.15, -0.1) is 0 Å². The van der Waals surface area contributed by atoms with E-state index in [0.717, 1.165) is 47.3 Å². The fourth-order valence-electron chi connectivity index (χ4n) is 5.40. The Morgan fingerprint density at radius 2 is 2.03 bits per heavy atom. The van der Waals surface area contributed by atoms with Crippen LogP contribution in [0.1, 0.15) is 41.1 Å². The molecule has 1 amide bonds. The number of carbonyl (C=O) groups is 1. The molecule has 0 bridgehead atoms. The summed E-state index contributed by atoms with van der Waals surface area (Å²) in [6.45, 7) is 5.51. The molecule has 194 valence electrons. The van der Waals surface area contributed by atoms with E-state index >= 15 is 0 Å². The number of carbonyl (C=O) groups excluding carboxylic acids is 1. The van der Waals surface area contributed by atoms with E-state index in [0.29, 0.717) is 28.4 Å². The van der Waals surface area contributed by atoms with E-state index in [2.05, 4.69) is 11.4 Å². The molecule has 0 spiro atoms. The minimum absolute atomic E-state index is 0.0154. The van der Waals surface area contributed by atoms with Crippen LogP contribution in [0.15, 0.2) is 53.5 Å². The molecule has 0 aliphatic carbocycles. The van der Waals surface area contributed by atoms with Crippen LogP contribution in [0.25, 0.3) is 11.1 Å². The molecule has 0 aromatic heterocycles. The highest BCUT2D eigenvalue weighted by molar-refractivity contribution is 6.31. The van der Waals surface area contributed by atoms with Crippen LogP contribution in [-0.4, -0.2) is 48.4 Å². The van der Waals surface area contributed by atoms with Gasteiger partial charge in [0.25, 0.3) is 0 Å². The number of phenolic OH excluding ortho intramolecular Hbond substituents is 1. The maximum absolute atomic E-state index is 14.2. The number of fused-ring (bicyclic) bond motifs is 1. The van der Waals surface area contributed by atoms with Gasteiger partial charge >= 0.3 is 0 Å². The van der Waals surface area contributed by atoms with E-state index < -0.39 is 6.04 Å². The summed E-state index contributed by atoms with van der Waals surface area (Å²) in [5.74, 6) is -0.0335. The van der Waals surface area contributed by atoms with Crippen LogP contribution in [0.3, 0.4) is 0 Å². The van der Waals surface area contributed by atoms with Crippen LogP contribution in [-0.2, 0) is 4.79 Å². The third kappa shape index (κ3) is 5.10. The van der Waals surface area contributed by atoms with Gasteiger partial charge in [-0.05, 0) is 104 Å². The summed E-state index contributed by atoms with van der Waals surface area (Å²) >= 11 is 6.42. The molecule has 3 aromatic carbocycles. The van der Waals surface area contributed by atoms with Gasteiger partial charge in [0.2, 0.25) is 5.91 Å². The lowest BCUT2D eigenvalue weighted by atomic mass is 9.91. The number of hydrogen-bond acceptors (Lipinski definition) is 6. The van der Waals surface area contributed by atoms with Gasteiger partial charge in [-0.3, -0.25) is 4.79 Å². The van der Waals surface area contributed by atoms with E-state index in [1.807, 2.05) is 56.1 Å². The molecule has 1 saturated heterocycles. The van der Waals surface area contributed by atoms with Crippen molar-refractivity contribution < 1.29 is 9.90 Å². The minimum atomic E-state index is -0.668. The van der Waals surface area contributed by atoms with Crippen LogP contribution >= 0.6 is 11.6 Å². The number of hydrogen-bond donors (Lipinski definition) is 2. The van der Waals surface area contributed by atoms with Crippen LogP contribution in [0.5, 0.6) is 5.75 Å². The molecule has 1 unspecified atom stereocenters.